The van der Waals surface area contributed by atoms with Gasteiger partial charge in [-0.1, -0.05) is 23.3 Å². The summed E-state index contributed by atoms with van der Waals surface area (Å²) >= 11 is 0. The molecular weight excluding hydrogens is 328 g/mol. The predicted octanol–water partition coefficient (Wildman–Crippen LogP) is 3.90. The van der Waals surface area contributed by atoms with Crippen molar-refractivity contribution in [2.45, 2.75) is 40.2 Å². The van der Waals surface area contributed by atoms with E-state index >= 15 is 0 Å². The maximum atomic E-state index is 13.0. The zero-order chi connectivity index (χ0) is 19.5. The van der Waals surface area contributed by atoms with Crippen molar-refractivity contribution < 1.29 is 14.3 Å². The van der Waals surface area contributed by atoms with Gasteiger partial charge in [0.25, 0.3) is 11.8 Å². The Morgan fingerprint density at radius 3 is 2.12 bits per heavy atom. The summed E-state index contributed by atoms with van der Waals surface area (Å²) in [6, 6.07) is 12.5. The molecule has 0 heterocycles. The number of ether oxygens (including phenoxy) is 1. The number of rotatable bonds is 3. The topological polar surface area (TPSA) is 58.6 Å². The summed E-state index contributed by atoms with van der Waals surface area (Å²) in [7, 11) is 1.55. The first-order valence-corrected chi connectivity index (χ1v) is 8.49. The second-order valence-electron chi connectivity index (χ2n) is 7.36. The molecule has 0 aliphatic heterocycles. The van der Waals surface area contributed by atoms with Gasteiger partial charge in [-0.2, -0.15) is 0 Å². The minimum atomic E-state index is -0.602. The summed E-state index contributed by atoms with van der Waals surface area (Å²) in [6.07, 6.45) is 0. The first-order valence-electron chi connectivity index (χ1n) is 8.49. The molecule has 0 saturated carbocycles. The number of aryl methyl sites for hydroxylation is 2. The van der Waals surface area contributed by atoms with Gasteiger partial charge in [0.15, 0.2) is 0 Å². The van der Waals surface area contributed by atoms with E-state index in [0.717, 1.165) is 11.1 Å². The SMILES string of the molecule is COc1cccc(C(=O)N(NC(=O)c2cc(C)cc(C)c2)C(C)(C)C)c1. The Balaban J connectivity index is 2.32. The van der Waals surface area contributed by atoms with E-state index in [9.17, 15) is 9.59 Å². The minimum Gasteiger partial charge on any atom is -0.497 e. The van der Waals surface area contributed by atoms with E-state index < -0.39 is 5.54 Å². The molecule has 0 bridgehead atoms. The van der Waals surface area contributed by atoms with E-state index in [1.54, 1.807) is 43.5 Å². The molecular formula is C21H26N2O3. The summed E-state index contributed by atoms with van der Waals surface area (Å²) < 4.78 is 5.19. The van der Waals surface area contributed by atoms with E-state index in [4.69, 9.17) is 4.74 Å². The number of nitrogens with one attached hydrogen (secondary N) is 1. The van der Waals surface area contributed by atoms with E-state index in [1.807, 2.05) is 40.7 Å². The van der Waals surface area contributed by atoms with Crippen molar-refractivity contribution in [3.05, 3.63) is 64.7 Å². The Morgan fingerprint density at radius 1 is 0.962 bits per heavy atom. The minimum absolute atomic E-state index is 0.297. The van der Waals surface area contributed by atoms with Gasteiger partial charge in [-0.05, 0) is 65.0 Å². The van der Waals surface area contributed by atoms with Crippen molar-refractivity contribution in [1.29, 1.82) is 0 Å². The quantitative estimate of drug-likeness (QED) is 0.851. The van der Waals surface area contributed by atoms with Crippen LogP contribution in [0.3, 0.4) is 0 Å². The summed E-state index contributed by atoms with van der Waals surface area (Å²) in [4.78, 5) is 25.8. The molecule has 2 rings (SSSR count). The fourth-order valence-corrected chi connectivity index (χ4v) is 2.68. The number of methoxy groups -OCH3 is 1. The number of amides is 2. The lowest BCUT2D eigenvalue weighted by Gasteiger charge is -2.35. The molecule has 0 radical (unpaired) electrons. The standard InChI is InChI=1S/C21H26N2O3/c1-14-10-15(2)12-17(11-14)19(24)22-23(21(3,4)5)20(25)16-8-7-9-18(13-16)26-6/h7-13H,1-6H3,(H,22,24). The van der Waals surface area contributed by atoms with Crippen molar-refractivity contribution in [2.75, 3.05) is 7.11 Å². The highest BCUT2D eigenvalue weighted by Gasteiger charge is 2.30. The lowest BCUT2D eigenvalue weighted by atomic mass is 10.1. The molecule has 0 aliphatic carbocycles. The Labute approximate surface area is 154 Å². The summed E-state index contributed by atoms with van der Waals surface area (Å²) in [6.45, 7) is 9.48. The second kappa shape index (κ2) is 7.60. The third-order valence-corrected chi connectivity index (χ3v) is 3.89. The zero-order valence-electron chi connectivity index (χ0n) is 16.2. The van der Waals surface area contributed by atoms with Crippen molar-refractivity contribution in [3.8, 4) is 5.75 Å². The first kappa shape index (κ1) is 19.5. The maximum absolute atomic E-state index is 13.0. The van der Waals surface area contributed by atoms with Gasteiger partial charge >= 0.3 is 0 Å². The van der Waals surface area contributed by atoms with Gasteiger partial charge in [0.1, 0.15) is 5.75 Å². The Bertz CT molecular complexity index is 802. The molecule has 26 heavy (non-hydrogen) atoms. The lowest BCUT2D eigenvalue weighted by Crippen LogP contribution is -2.55. The van der Waals surface area contributed by atoms with Crippen LogP contribution >= 0.6 is 0 Å². The number of benzene rings is 2. The Kier molecular flexibility index (Phi) is 5.70. The molecule has 0 saturated heterocycles. The monoisotopic (exact) mass is 354 g/mol. The van der Waals surface area contributed by atoms with Gasteiger partial charge in [0, 0.05) is 11.1 Å². The van der Waals surface area contributed by atoms with E-state index in [0.29, 0.717) is 16.9 Å². The van der Waals surface area contributed by atoms with Gasteiger partial charge in [-0.15, -0.1) is 0 Å². The van der Waals surface area contributed by atoms with Crippen LogP contribution in [0.1, 0.15) is 52.6 Å². The summed E-state index contributed by atoms with van der Waals surface area (Å²) in [5, 5.41) is 1.36. The highest BCUT2D eigenvalue weighted by molar-refractivity contribution is 5.99. The first-order chi connectivity index (χ1) is 12.1. The lowest BCUT2D eigenvalue weighted by molar-refractivity contribution is 0.0358. The summed E-state index contributed by atoms with van der Waals surface area (Å²) in [5.41, 5.74) is 5.13. The van der Waals surface area contributed by atoms with Crippen molar-refractivity contribution in [2.24, 2.45) is 0 Å². The molecule has 0 unspecified atom stereocenters. The molecule has 2 aromatic carbocycles. The van der Waals surface area contributed by atoms with Gasteiger partial charge in [0.05, 0.1) is 12.6 Å². The van der Waals surface area contributed by atoms with Crippen LogP contribution in [0.2, 0.25) is 0 Å². The van der Waals surface area contributed by atoms with Crippen molar-refractivity contribution >= 4 is 11.8 Å². The Hall–Kier alpha value is -2.82. The smallest absolute Gasteiger partial charge is 0.272 e. The fourth-order valence-electron chi connectivity index (χ4n) is 2.68. The number of carbonyl (C=O) groups is 2. The number of hydrogen-bond donors (Lipinski definition) is 1. The van der Waals surface area contributed by atoms with Crippen LogP contribution in [0.25, 0.3) is 0 Å². The van der Waals surface area contributed by atoms with E-state index in [1.165, 1.54) is 5.01 Å². The average Bonchev–Trinajstić information content (AvgIpc) is 2.57. The molecule has 5 nitrogen and oxygen atoms in total. The number of nitrogens with zero attached hydrogens (tertiary/aromatic N) is 1. The Morgan fingerprint density at radius 2 is 1.58 bits per heavy atom. The van der Waals surface area contributed by atoms with Crippen LogP contribution in [0.4, 0.5) is 0 Å². The van der Waals surface area contributed by atoms with Crippen molar-refractivity contribution in [1.82, 2.24) is 10.4 Å². The van der Waals surface area contributed by atoms with Crippen LogP contribution in [0.5, 0.6) is 5.75 Å². The molecule has 0 atom stereocenters. The fraction of sp³-hybridized carbons (Fsp3) is 0.333. The zero-order valence-corrected chi connectivity index (χ0v) is 16.2. The summed E-state index contributed by atoms with van der Waals surface area (Å²) in [5.74, 6) is -0.0255. The average molecular weight is 354 g/mol. The maximum Gasteiger partial charge on any atom is 0.272 e. The van der Waals surface area contributed by atoms with Gasteiger partial charge in [-0.25, -0.2) is 5.01 Å². The van der Waals surface area contributed by atoms with Crippen LogP contribution in [0, 0.1) is 13.8 Å². The molecule has 2 aromatic rings. The third-order valence-electron chi connectivity index (χ3n) is 3.89. The molecule has 0 aromatic heterocycles. The highest BCUT2D eigenvalue weighted by atomic mass is 16.5. The molecule has 0 aliphatic rings. The number of hydrogen-bond acceptors (Lipinski definition) is 3. The van der Waals surface area contributed by atoms with E-state index in [2.05, 4.69) is 5.43 Å². The van der Waals surface area contributed by atoms with E-state index in [-0.39, 0.29) is 11.8 Å². The van der Waals surface area contributed by atoms with Crippen LogP contribution in [-0.2, 0) is 0 Å². The molecule has 5 heteroatoms. The van der Waals surface area contributed by atoms with Crippen LogP contribution in [0.15, 0.2) is 42.5 Å². The molecule has 0 fully saturated rings. The molecule has 2 amide bonds. The largest absolute Gasteiger partial charge is 0.497 e. The highest BCUT2D eigenvalue weighted by Crippen LogP contribution is 2.19. The number of carbonyl (C=O) groups excluding carboxylic acids is 2. The molecule has 0 spiro atoms. The second-order valence-corrected chi connectivity index (χ2v) is 7.36. The predicted molar refractivity (Wildman–Crippen MR) is 102 cm³/mol. The molecule has 1 N–H and O–H groups in total. The van der Waals surface area contributed by atoms with Crippen molar-refractivity contribution in [3.63, 3.8) is 0 Å². The van der Waals surface area contributed by atoms with Gasteiger partial charge in [0.2, 0.25) is 0 Å². The van der Waals surface area contributed by atoms with Gasteiger partial charge < -0.3 is 4.74 Å². The van der Waals surface area contributed by atoms with Crippen LogP contribution < -0.4 is 10.2 Å². The van der Waals surface area contributed by atoms with Gasteiger partial charge in [-0.3, -0.25) is 15.0 Å². The normalized spacial score (nSPS) is 11.0. The van der Waals surface area contributed by atoms with Crippen LogP contribution in [-0.4, -0.2) is 29.5 Å². The molecule has 138 valence electrons. The third kappa shape index (κ3) is 4.63. The number of hydrazine groups is 1.